The van der Waals surface area contributed by atoms with Gasteiger partial charge >= 0.3 is 0 Å². The summed E-state index contributed by atoms with van der Waals surface area (Å²) >= 11 is 0. The zero-order valence-corrected chi connectivity index (χ0v) is 32.1. The van der Waals surface area contributed by atoms with Crippen LogP contribution in [0.3, 0.4) is 0 Å². The molecule has 2 atom stereocenters. The Bertz CT molecular complexity index is 1040. The molecule has 0 fully saturated rings. The van der Waals surface area contributed by atoms with Crippen LogP contribution in [0.5, 0.6) is 0 Å². The first-order valence-corrected chi connectivity index (χ1v) is 21.2. The summed E-state index contributed by atoms with van der Waals surface area (Å²) in [5, 5.41) is 13.2. The fourth-order valence-electron chi connectivity index (χ4n) is 5.47. The number of hydrogen-bond donors (Lipinski definition) is 3. The number of hydrogen-bond acceptors (Lipinski definition) is 4. The van der Waals surface area contributed by atoms with Crippen LogP contribution in [-0.2, 0) is 14.9 Å². The molecule has 0 radical (unpaired) electrons. The summed E-state index contributed by atoms with van der Waals surface area (Å²) in [6, 6.07) is -1.06. The molecule has 0 saturated carbocycles. The monoisotopic (exact) mass is 704 g/mol. The lowest BCUT2D eigenvalue weighted by Crippen LogP contribution is -2.46. The van der Waals surface area contributed by atoms with Crippen molar-refractivity contribution in [1.29, 1.82) is 0 Å². The highest BCUT2D eigenvalue weighted by atomic mass is 32.2. The van der Waals surface area contributed by atoms with E-state index in [1.807, 2.05) is 6.08 Å². The first-order chi connectivity index (χ1) is 23.8. The van der Waals surface area contributed by atoms with Crippen LogP contribution in [0, 0.1) is 0 Å². The Hall–Kier alpha value is -2.22. The van der Waals surface area contributed by atoms with Gasteiger partial charge in [-0.1, -0.05) is 170 Å². The highest BCUT2D eigenvalue weighted by molar-refractivity contribution is 7.85. The Morgan fingerprint density at radius 2 is 0.980 bits per heavy atom. The molecular formula is C42H73NO5S. The number of carbonyl (C=O) groups is 1. The molecule has 3 N–H and O–H groups in total. The van der Waals surface area contributed by atoms with Gasteiger partial charge in [0.15, 0.2) is 0 Å². The van der Waals surface area contributed by atoms with Crippen molar-refractivity contribution in [2.75, 3.05) is 5.75 Å². The minimum atomic E-state index is -4.35. The van der Waals surface area contributed by atoms with Crippen LogP contribution < -0.4 is 5.32 Å². The molecule has 0 aliphatic rings. The second kappa shape index (κ2) is 35.6. The molecule has 0 aromatic heterocycles. The third-order valence-electron chi connectivity index (χ3n) is 8.39. The molecule has 0 heterocycles. The maximum Gasteiger partial charge on any atom is 0.267 e. The molecule has 0 saturated heterocycles. The van der Waals surface area contributed by atoms with Crippen LogP contribution in [0.2, 0.25) is 0 Å². The number of aliphatic hydroxyl groups is 1. The summed E-state index contributed by atoms with van der Waals surface area (Å²) in [6.07, 6.45) is 50.3. The summed E-state index contributed by atoms with van der Waals surface area (Å²) in [6.45, 7) is 4.38. The normalized spacial score (nSPS) is 14.1. The van der Waals surface area contributed by atoms with Gasteiger partial charge < -0.3 is 10.4 Å². The Morgan fingerprint density at radius 3 is 1.45 bits per heavy atom. The molecule has 2 unspecified atom stereocenters. The van der Waals surface area contributed by atoms with Crippen LogP contribution in [0.25, 0.3) is 0 Å². The number of nitrogens with one attached hydrogen (secondary N) is 1. The fourth-order valence-corrected chi connectivity index (χ4v) is 6.21. The van der Waals surface area contributed by atoms with Gasteiger partial charge in [-0.25, -0.2) is 0 Å². The van der Waals surface area contributed by atoms with Crippen LogP contribution in [0.1, 0.15) is 168 Å². The summed E-state index contributed by atoms with van der Waals surface area (Å²) < 4.78 is 32.4. The smallest absolute Gasteiger partial charge is 0.267 e. The predicted octanol–water partition coefficient (Wildman–Crippen LogP) is 11.5. The fraction of sp³-hybridized carbons (Fsp3) is 0.690. The van der Waals surface area contributed by atoms with E-state index in [-0.39, 0.29) is 12.3 Å². The third kappa shape index (κ3) is 36.9. The van der Waals surface area contributed by atoms with E-state index in [1.165, 1.54) is 64.2 Å². The van der Waals surface area contributed by atoms with E-state index in [9.17, 15) is 22.9 Å². The Kier molecular flexibility index (Phi) is 34.0. The van der Waals surface area contributed by atoms with Gasteiger partial charge in [0, 0.05) is 6.42 Å². The lowest BCUT2D eigenvalue weighted by Gasteiger charge is -2.21. The molecular weight excluding hydrogens is 631 g/mol. The van der Waals surface area contributed by atoms with E-state index in [0.29, 0.717) is 0 Å². The van der Waals surface area contributed by atoms with Crippen LogP contribution in [-0.4, -0.2) is 41.9 Å². The maximum atomic E-state index is 12.5. The number of carbonyl (C=O) groups excluding carboxylic acids is 1. The highest BCUT2D eigenvalue weighted by Crippen LogP contribution is 2.13. The maximum absolute atomic E-state index is 12.5. The minimum Gasteiger partial charge on any atom is -0.387 e. The first kappa shape index (κ1) is 46.8. The van der Waals surface area contributed by atoms with Crippen molar-refractivity contribution in [2.45, 2.75) is 180 Å². The molecule has 0 aromatic rings. The lowest BCUT2D eigenvalue weighted by atomic mass is 10.1. The van der Waals surface area contributed by atoms with Crippen molar-refractivity contribution < 1.29 is 22.9 Å². The number of allylic oxidation sites excluding steroid dienone is 11. The number of aliphatic hydroxyl groups excluding tert-OH is 1. The van der Waals surface area contributed by atoms with Crippen molar-refractivity contribution in [1.82, 2.24) is 5.32 Å². The predicted molar refractivity (Wildman–Crippen MR) is 211 cm³/mol. The van der Waals surface area contributed by atoms with Crippen molar-refractivity contribution >= 4 is 16.0 Å². The van der Waals surface area contributed by atoms with Crippen molar-refractivity contribution in [2.24, 2.45) is 0 Å². The molecule has 0 bridgehead atoms. The van der Waals surface area contributed by atoms with E-state index in [2.05, 4.69) is 79.9 Å². The second-order valence-corrected chi connectivity index (χ2v) is 14.7. The van der Waals surface area contributed by atoms with Crippen molar-refractivity contribution in [3.63, 3.8) is 0 Å². The molecule has 282 valence electrons. The van der Waals surface area contributed by atoms with Gasteiger partial charge in [0.1, 0.15) is 0 Å². The molecule has 7 heteroatoms. The summed E-state index contributed by atoms with van der Waals surface area (Å²) in [4.78, 5) is 12.5. The highest BCUT2D eigenvalue weighted by Gasteiger charge is 2.24. The summed E-state index contributed by atoms with van der Waals surface area (Å²) in [7, 11) is -4.35. The Balaban J connectivity index is 3.94. The quantitative estimate of drug-likeness (QED) is 0.0351. The Morgan fingerprint density at radius 1 is 0.571 bits per heavy atom. The molecule has 0 spiro atoms. The van der Waals surface area contributed by atoms with E-state index in [4.69, 9.17) is 0 Å². The SMILES string of the molecule is CC/C=C\C/C=C\C/C=C\C/C=C\C/C=C\CCCCCCCCCC(=O)NC(CS(=O)(=O)O)C(O)/C=C/CCCCCCCCCCC. The average molecular weight is 704 g/mol. The molecule has 0 aliphatic heterocycles. The van der Waals surface area contributed by atoms with E-state index < -0.39 is 28.0 Å². The van der Waals surface area contributed by atoms with Gasteiger partial charge in [0.2, 0.25) is 5.91 Å². The number of amides is 1. The van der Waals surface area contributed by atoms with Crippen LogP contribution in [0.4, 0.5) is 0 Å². The van der Waals surface area contributed by atoms with E-state index >= 15 is 0 Å². The van der Waals surface area contributed by atoms with Gasteiger partial charge in [-0.05, 0) is 64.2 Å². The lowest BCUT2D eigenvalue weighted by molar-refractivity contribution is -0.122. The van der Waals surface area contributed by atoms with Crippen molar-refractivity contribution in [3.05, 3.63) is 72.9 Å². The van der Waals surface area contributed by atoms with E-state index in [1.54, 1.807) is 6.08 Å². The number of rotatable bonds is 34. The zero-order chi connectivity index (χ0) is 36.1. The van der Waals surface area contributed by atoms with Gasteiger partial charge in [-0.3, -0.25) is 9.35 Å². The molecule has 1 amide bonds. The molecule has 0 rings (SSSR count). The topological polar surface area (TPSA) is 104 Å². The van der Waals surface area contributed by atoms with Gasteiger partial charge in [-0.2, -0.15) is 8.42 Å². The first-order valence-electron chi connectivity index (χ1n) is 19.6. The zero-order valence-electron chi connectivity index (χ0n) is 31.3. The largest absolute Gasteiger partial charge is 0.387 e. The Labute approximate surface area is 302 Å². The summed E-state index contributed by atoms with van der Waals surface area (Å²) in [5.41, 5.74) is 0. The minimum absolute atomic E-state index is 0.279. The molecule has 0 aromatic carbocycles. The molecule has 0 aliphatic carbocycles. The third-order valence-corrected chi connectivity index (χ3v) is 9.17. The average Bonchev–Trinajstić information content (AvgIpc) is 3.06. The summed E-state index contributed by atoms with van der Waals surface area (Å²) in [5.74, 6) is -1.00. The van der Waals surface area contributed by atoms with Crippen LogP contribution in [0.15, 0.2) is 72.9 Å². The van der Waals surface area contributed by atoms with Gasteiger partial charge in [-0.15, -0.1) is 0 Å². The standard InChI is InChI=1S/C42H73NO5S/c1-3-5-7-9-11-13-15-16-17-18-19-20-21-22-23-24-25-26-28-30-32-34-36-38-42(45)43-40(39-49(46,47)48)41(44)37-35-33-31-29-27-14-12-10-8-6-4-2/h5,7,11,13,16-17,19-20,22-23,35,37,40-41,44H,3-4,6,8-10,12,14-15,18,21,24-34,36,38-39H2,1-2H3,(H,43,45)(H,46,47,48)/b7-5-,13-11-,17-16-,20-19-,23-22-,37-35+. The van der Waals surface area contributed by atoms with Gasteiger partial charge in [0.25, 0.3) is 10.1 Å². The molecule has 6 nitrogen and oxygen atoms in total. The van der Waals surface area contributed by atoms with E-state index in [0.717, 1.165) is 83.5 Å². The van der Waals surface area contributed by atoms with Crippen molar-refractivity contribution in [3.8, 4) is 0 Å². The van der Waals surface area contributed by atoms with Gasteiger partial charge in [0.05, 0.1) is 17.9 Å². The number of unbranched alkanes of at least 4 members (excludes halogenated alkanes) is 16. The second-order valence-electron chi connectivity index (χ2n) is 13.2. The molecule has 49 heavy (non-hydrogen) atoms. The van der Waals surface area contributed by atoms with Crippen LogP contribution >= 0.6 is 0 Å².